The Labute approximate surface area is 146 Å². The summed E-state index contributed by atoms with van der Waals surface area (Å²) in [6.45, 7) is 0. The van der Waals surface area contributed by atoms with Crippen molar-refractivity contribution < 1.29 is 19.1 Å². The molecule has 0 saturated carbocycles. The summed E-state index contributed by atoms with van der Waals surface area (Å²) in [4.78, 5) is 25.2. The van der Waals surface area contributed by atoms with Crippen LogP contribution in [-0.4, -0.2) is 21.3 Å². The van der Waals surface area contributed by atoms with Crippen LogP contribution in [0, 0.1) is 5.82 Å². The summed E-state index contributed by atoms with van der Waals surface area (Å²) < 4.78 is 13.3. The second-order valence-electron chi connectivity index (χ2n) is 4.92. The molecule has 3 rings (SSSR count). The SMILES string of the molecule is O=C(O)c1ccc(N2C(=O)/C(=C/c3ccc(F)cc3)SC2=S)cc1. The van der Waals surface area contributed by atoms with E-state index in [1.165, 1.54) is 41.3 Å². The van der Waals surface area contributed by atoms with Crippen molar-refractivity contribution in [2.45, 2.75) is 0 Å². The molecule has 2 aromatic rings. The molecule has 1 amide bonds. The normalized spacial score (nSPS) is 16.0. The molecule has 1 aliphatic rings. The Morgan fingerprint density at radius 1 is 1.12 bits per heavy atom. The van der Waals surface area contributed by atoms with Gasteiger partial charge in [-0.25, -0.2) is 9.18 Å². The average molecular weight is 359 g/mol. The molecule has 0 bridgehead atoms. The minimum absolute atomic E-state index is 0.131. The first kappa shape index (κ1) is 16.4. The maximum Gasteiger partial charge on any atom is 0.335 e. The van der Waals surface area contributed by atoms with E-state index in [-0.39, 0.29) is 17.3 Å². The first-order valence-corrected chi connectivity index (χ1v) is 8.05. The molecule has 0 atom stereocenters. The average Bonchev–Trinajstić information content (AvgIpc) is 2.83. The Hall–Kier alpha value is -2.51. The number of amides is 1. The number of nitrogens with zero attached hydrogens (tertiary/aromatic N) is 1. The van der Waals surface area contributed by atoms with Gasteiger partial charge in [0.2, 0.25) is 0 Å². The molecule has 0 spiro atoms. The van der Waals surface area contributed by atoms with E-state index in [0.29, 0.717) is 20.5 Å². The fourth-order valence-electron chi connectivity index (χ4n) is 2.15. The summed E-state index contributed by atoms with van der Waals surface area (Å²) in [6.07, 6.45) is 1.64. The topological polar surface area (TPSA) is 57.6 Å². The number of benzene rings is 2. The number of carboxylic acids is 1. The lowest BCUT2D eigenvalue weighted by molar-refractivity contribution is -0.113. The summed E-state index contributed by atoms with van der Waals surface area (Å²) in [5.74, 6) is -1.68. The number of carbonyl (C=O) groups excluding carboxylic acids is 1. The van der Waals surface area contributed by atoms with Gasteiger partial charge < -0.3 is 5.11 Å². The van der Waals surface area contributed by atoms with Gasteiger partial charge in [-0.3, -0.25) is 9.69 Å². The second kappa shape index (κ2) is 6.54. The van der Waals surface area contributed by atoms with Crippen molar-refractivity contribution in [1.82, 2.24) is 0 Å². The van der Waals surface area contributed by atoms with Crippen LogP contribution in [0.1, 0.15) is 15.9 Å². The Bertz CT molecular complexity index is 860. The summed E-state index contributed by atoms with van der Waals surface area (Å²) in [7, 11) is 0. The van der Waals surface area contributed by atoms with E-state index < -0.39 is 5.97 Å². The molecule has 120 valence electrons. The second-order valence-corrected chi connectivity index (χ2v) is 6.60. The maximum atomic E-state index is 12.9. The van der Waals surface area contributed by atoms with Gasteiger partial charge in [-0.05, 0) is 48.0 Å². The van der Waals surface area contributed by atoms with E-state index in [0.717, 1.165) is 11.8 Å². The first-order chi connectivity index (χ1) is 11.5. The van der Waals surface area contributed by atoms with Gasteiger partial charge in [-0.15, -0.1) is 0 Å². The maximum absolute atomic E-state index is 12.9. The number of halogens is 1. The van der Waals surface area contributed by atoms with E-state index >= 15 is 0 Å². The van der Waals surface area contributed by atoms with Crippen LogP contribution in [0.2, 0.25) is 0 Å². The van der Waals surface area contributed by atoms with E-state index in [9.17, 15) is 14.0 Å². The third kappa shape index (κ3) is 3.22. The minimum Gasteiger partial charge on any atom is -0.478 e. The van der Waals surface area contributed by atoms with Gasteiger partial charge in [0, 0.05) is 0 Å². The lowest BCUT2D eigenvalue weighted by Crippen LogP contribution is -2.27. The molecule has 0 aliphatic carbocycles. The standard InChI is InChI=1S/C17H10FNO3S2/c18-12-5-1-10(2-6-12)9-14-15(20)19(17(23)24-14)13-7-3-11(4-8-13)16(21)22/h1-9H,(H,21,22)/b14-9-. The molecule has 0 radical (unpaired) electrons. The number of rotatable bonds is 3. The fourth-order valence-corrected chi connectivity index (χ4v) is 3.45. The van der Waals surface area contributed by atoms with Crippen LogP contribution in [0.15, 0.2) is 53.4 Å². The number of anilines is 1. The lowest BCUT2D eigenvalue weighted by atomic mass is 10.2. The van der Waals surface area contributed by atoms with Gasteiger partial charge in [0.25, 0.3) is 5.91 Å². The van der Waals surface area contributed by atoms with Crippen LogP contribution in [0.25, 0.3) is 6.08 Å². The Balaban J connectivity index is 1.88. The Morgan fingerprint density at radius 3 is 2.33 bits per heavy atom. The van der Waals surface area contributed by atoms with Gasteiger partial charge in [0.05, 0.1) is 16.2 Å². The highest BCUT2D eigenvalue weighted by molar-refractivity contribution is 8.27. The van der Waals surface area contributed by atoms with Crippen molar-refractivity contribution >= 4 is 51.9 Å². The molecule has 0 aromatic heterocycles. The number of thioether (sulfide) groups is 1. The summed E-state index contributed by atoms with van der Waals surface area (Å²) in [5, 5.41) is 8.92. The quantitative estimate of drug-likeness (QED) is 0.665. The zero-order valence-electron chi connectivity index (χ0n) is 12.1. The largest absolute Gasteiger partial charge is 0.478 e. The molecule has 2 aromatic carbocycles. The third-order valence-electron chi connectivity index (χ3n) is 3.33. The number of hydrogen-bond acceptors (Lipinski definition) is 4. The van der Waals surface area contributed by atoms with Gasteiger partial charge in [0.15, 0.2) is 4.32 Å². The summed E-state index contributed by atoms with van der Waals surface area (Å²) >= 11 is 6.39. The van der Waals surface area contributed by atoms with Crippen molar-refractivity contribution in [3.8, 4) is 0 Å². The van der Waals surface area contributed by atoms with Crippen LogP contribution >= 0.6 is 24.0 Å². The molecule has 1 fully saturated rings. The molecule has 24 heavy (non-hydrogen) atoms. The zero-order chi connectivity index (χ0) is 17.3. The van der Waals surface area contributed by atoms with Crippen molar-refractivity contribution in [3.05, 3.63) is 70.4 Å². The molecule has 1 heterocycles. The van der Waals surface area contributed by atoms with Crippen molar-refractivity contribution in [2.75, 3.05) is 4.90 Å². The van der Waals surface area contributed by atoms with Gasteiger partial charge in [-0.2, -0.15) is 0 Å². The molecule has 0 unspecified atom stereocenters. The van der Waals surface area contributed by atoms with Gasteiger partial charge >= 0.3 is 5.97 Å². The molecule has 1 N–H and O–H groups in total. The van der Waals surface area contributed by atoms with Crippen molar-refractivity contribution in [3.63, 3.8) is 0 Å². The van der Waals surface area contributed by atoms with Crippen LogP contribution < -0.4 is 4.90 Å². The highest BCUT2D eigenvalue weighted by atomic mass is 32.2. The molecule has 1 saturated heterocycles. The van der Waals surface area contributed by atoms with E-state index in [2.05, 4.69) is 0 Å². The molecular weight excluding hydrogens is 349 g/mol. The molecule has 7 heteroatoms. The number of carbonyl (C=O) groups is 2. The van der Waals surface area contributed by atoms with Crippen LogP contribution in [0.4, 0.5) is 10.1 Å². The predicted octanol–water partition coefficient (Wildman–Crippen LogP) is 3.93. The van der Waals surface area contributed by atoms with E-state index in [4.69, 9.17) is 17.3 Å². The van der Waals surface area contributed by atoms with Crippen molar-refractivity contribution in [1.29, 1.82) is 0 Å². The van der Waals surface area contributed by atoms with Crippen LogP contribution in [0.5, 0.6) is 0 Å². The summed E-state index contributed by atoms with van der Waals surface area (Å²) in [5.41, 5.74) is 1.33. The predicted molar refractivity (Wildman–Crippen MR) is 95.5 cm³/mol. The lowest BCUT2D eigenvalue weighted by Gasteiger charge is -2.14. The highest BCUT2D eigenvalue weighted by Gasteiger charge is 2.33. The number of carboxylic acid groups (broad SMARTS) is 1. The fraction of sp³-hybridized carbons (Fsp3) is 0. The smallest absolute Gasteiger partial charge is 0.335 e. The number of hydrogen-bond donors (Lipinski definition) is 1. The van der Waals surface area contributed by atoms with Gasteiger partial charge in [-0.1, -0.05) is 36.1 Å². The van der Waals surface area contributed by atoms with Crippen molar-refractivity contribution in [2.24, 2.45) is 0 Å². The zero-order valence-corrected chi connectivity index (χ0v) is 13.7. The summed E-state index contributed by atoms with van der Waals surface area (Å²) in [6, 6.07) is 11.7. The van der Waals surface area contributed by atoms with E-state index in [1.54, 1.807) is 18.2 Å². The Morgan fingerprint density at radius 2 is 1.75 bits per heavy atom. The molecule has 1 aliphatic heterocycles. The third-order valence-corrected chi connectivity index (χ3v) is 4.64. The van der Waals surface area contributed by atoms with Crippen LogP contribution in [-0.2, 0) is 4.79 Å². The van der Waals surface area contributed by atoms with E-state index in [1.807, 2.05) is 0 Å². The monoisotopic (exact) mass is 359 g/mol. The van der Waals surface area contributed by atoms with Crippen LogP contribution in [0.3, 0.4) is 0 Å². The molecule has 4 nitrogen and oxygen atoms in total. The highest BCUT2D eigenvalue weighted by Crippen LogP contribution is 2.36. The molecular formula is C17H10FNO3S2. The first-order valence-electron chi connectivity index (χ1n) is 6.82. The minimum atomic E-state index is -1.04. The Kier molecular flexibility index (Phi) is 4.46. The number of thiocarbonyl (C=S) groups is 1. The number of aromatic carboxylic acids is 1. The van der Waals surface area contributed by atoms with Gasteiger partial charge in [0.1, 0.15) is 5.82 Å².